The van der Waals surface area contributed by atoms with Gasteiger partial charge in [-0.1, -0.05) is 13.8 Å². The third kappa shape index (κ3) is 2.40. The van der Waals surface area contributed by atoms with Gasteiger partial charge in [0, 0.05) is 28.5 Å². The molecule has 1 saturated carbocycles. The number of carbonyl (C=O) groups is 2. The Morgan fingerprint density at radius 2 is 2.24 bits per heavy atom. The van der Waals surface area contributed by atoms with Gasteiger partial charge in [-0.25, -0.2) is 0 Å². The fraction of sp³-hybridized carbons (Fsp3) is 0.556. The number of hydrogen-bond donors (Lipinski definition) is 3. The molecule has 6 nitrogen and oxygen atoms in total. The van der Waals surface area contributed by atoms with E-state index in [0.717, 1.165) is 30.0 Å². The molecule has 1 saturated heterocycles. The van der Waals surface area contributed by atoms with E-state index in [1.54, 1.807) is 6.07 Å². The number of fused-ring (bicyclic) bond motifs is 2. The van der Waals surface area contributed by atoms with Crippen molar-refractivity contribution in [3.05, 3.63) is 18.2 Å². The fourth-order valence-electron chi connectivity index (χ4n) is 4.43. The summed E-state index contributed by atoms with van der Waals surface area (Å²) in [5.41, 5.74) is 6.63. The molecule has 25 heavy (non-hydrogen) atoms. The highest BCUT2D eigenvalue weighted by Crippen LogP contribution is 2.57. The van der Waals surface area contributed by atoms with Gasteiger partial charge in [-0.2, -0.15) is 0 Å². The Labute approximate surface area is 151 Å². The van der Waals surface area contributed by atoms with E-state index in [0.29, 0.717) is 11.4 Å². The lowest BCUT2D eigenvalue weighted by Crippen LogP contribution is -2.81. The molecule has 4 N–H and O–H groups in total. The van der Waals surface area contributed by atoms with Crippen LogP contribution in [0.2, 0.25) is 0 Å². The molecule has 1 aromatic carbocycles. The highest BCUT2D eigenvalue weighted by molar-refractivity contribution is 8.00. The average Bonchev–Trinajstić information content (AvgIpc) is 2.60. The average molecular weight is 361 g/mol. The first-order valence-corrected chi connectivity index (χ1v) is 9.61. The fourth-order valence-corrected chi connectivity index (χ4v) is 5.22. The molecule has 134 valence electrons. The molecule has 3 aliphatic rings. The normalized spacial score (nSPS) is 32.7. The first-order valence-electron chi connectivity index (χ1n) is 8.62. The van der Waals surface area contributed by atoms with Gasteiger partial charge in [0.25, 0.3) is 0 Å². The molecular formula is C18H23N3O3S. The predicted octanol–water partition coefficient (Wildman–Crippen LogP) is 2.20. The van der Waals surface area contributed by atoms with Gasteiger partial charge in [0.05, 0.1) is 17.5 Å². The molecular weight excluding hydrogens is 338 g/mol. The lowest BCUT2D eigenvalue weighted by atomic mass is 9.46. The van der Waals surface area contributed by atoms with Crippen LogP contribution >= 0.6 is 11.8 Å². The molecule has 0 bridgehead atoms. The van der Waals surface area contributed by atoms with Crippen LogP contribution in [0.25, 0.3) is 0 Å². The van der Waals surface area contributed by atoms with Crippen LogP contribution in [0.5, 0.6) is 0 Å². The van der Waals surface area contributed by atoms with Gasteiger partial charge in [-0.3, -0.25) is 9.59 Å². The first-order chi connectivity index (χ1) is 11.8. The van der Waals surface area contributed by atoms with E-state index in [1.165, 1.54) is 11.8 Å². The van der Waals surface area contributed by atoms with Crippen LogP contribution in [0.4, 0.5) is 11.4 Å². The van der Waals surface area contributed by atoms with Gasteiger partial charge in [0.1, 0.15) is 5.54 Å². The number of nitrogens with two attached hydrogens (primary N) is 1. The number of thioether (sulfide) groups is 1. The number of anilines is 2. The standard InChI is InChI=1S/C18H23N3O3S/c1-17(2)15-11(4-3-7-24-15)18(17,19)16(23)20-10-5-6-13-12(8-10)21-14(22)9-25-13/h5-6,8,11,15H,3-4,7,9,19H2,1-2H3,(H,20,23)(H,21,22). The Bertz CT molecular complexity index is 751. The molecule has 2 aliphatic heterocycles. The van der Waals surface area contributed by atoms with Gasteiger partial charge < -0.3 is 21.1 Å². The number of amides is 2. The predicted molar refractivity (Wildman–Crippen MR) is 97.6 cm³/mol. The summed E-state index contributed by atoms with van der Waals surface area (Å²) in [6.07, 6.45) is 1.89. The van der Waals surface area contributed by atoms with Gasteiger partial charge in [0.15, 0.2) is 0 Å². The van der Waals surface area contributed by atoms with Crippen molar-refractivity contribution in [2.45, 2.75) is 43.2 Å². The SMILES string of the molecule is CC1(C)C2OCCCC2C1(N)C(=O)Nc1ccc2c(c1)NC(=O)CS2. The number of hydrogen-bond acceptors (Lipinski definition) is 5. The Hall–Kier alpha value is -1.57. The Morgan fingerprint density at radius 3 is 3.04 bits per heavy atom. The van der Waals surface area contributed by atoms with Crippen LogP contribution in [0.3, 0.4) is 0 Å². The van der Waals surface area contributed by atoms with Crippen molar-refractivity contribution >= 4 is 35.0 Å². The number of benzene rings is 1. The second kappa shape index (κ2) is 5.72. The van der Waals surface area contributed by atoms with Crippen LogP contribution in [-0.4, -0.2) is 35.8 Å². The largest absolute Gasteiger partial charge is 0.377 e. The minimum Gasteiger partial charge on any atom is -0.377 e. The minimum absolute atomic E-state index is 0.0291. The van der Waals surface area contributed by atoms with E-state index >= 15 is 0 Å². The molecule has 0 spiro atoms. The van der Waals surface area contributed by atoms with Crippen molar-refractivity contribution in [3.8, 4) is 0 Å². The third-order valence-corrected chi connectivity index (χ3v) is 7.00. The molecule has 2 fully saturated rings. The van der Waals surface area contributed by atoms with Crippen molar-refractivity contribution in [1.29, 1.82) is 0 Å². The Balaban J connectivity index is 1.56. The Kier molecular flexibility index (Phi) is 3.86. The van der Waals surface area contributed by atoms with Crippen LogP contribution in [0.15, 0.2) is 23.1 Å². The van der Waals surface area contributed by atoms with E-state index in [-0.39, 0.29) is 23.8 Å². The molecule has 0 radical (unpaired) electrons. The quantitative estimate of drug-likeness (QED) is 0.751. The van der Waals surface area contributed by atoms with Gasteiger partial charge in [-0.15, -0.1) is 11.8 Å². The number of ether oxygens (including phenoxy) is 1. The number of carbonyl (C=O) groups excluding carboxylic acids is 2. The summed E-state index contributed by atoms with van der Waals surface area (Å²) in [6, 6.07) is 5.56. The highest BCUT2D eigenvalue weighted by Gasteiger charge is 2.70. The molecule has 1 aromatic rings. The summed E-state index contributed by atoms with van der Waals surface area (Å²) in [4.78, 5) is 25.6. The lowest BCUT2D eigenvalue weighted by Gasteiger charge is -2.65. The summed E-state index contributed by atoms with van der Waals surface area (Å²) in [5.74, 6) is 0.253. The van der Waals surface area contributed by atoms with Gasteiger partial charge in [-0.05, 0) is 31.0 Å². The van der Waals surface area contributed by atoms with Crippen molar-refractivity contribution in [2.24, 2.45) is 17.1 Å². The zero-order valence-electron chi connectivity index (χ0n) is 14.4. The molecule has 0 aromatic heterocycles. The molecule has 4 rings (SSSR count). The van der Waals surface area contributed by atoms with E-state index in [2.05, 4.69) is 10.6 Å². The van der Waals surface area contributed by atoms with E-state index in [4.69, 9.17) is 10.5 Å². The van der Waals surface area contributed by atoms with Gasteiger partial charge >= 0.3 is 0 Å². The summed E-state index contributed by atoms with van der Waals surface area (Å²) in [6.45, 7) is 4.75. The number of nitrogens with one attached hydrogen (secondary N) is 2. The van der Waals surface area contributed by atoms with Crippen LogP contribution in [0.1, 0.15) is 26.7 Å². The second-order valence-corrected chi connectivity index (χ2v) is 8.65. The molecule has 3 atom stereocenters. The Morgan fingerprint density at radius 1 is 1.44 bits per heavy atom. The maximum Gasteiger partial charge on any atom is 0.245 e. The zero-order chi connectivity index (χ0) is 17.8. The topological polar surface area (TPSA) is 93.4 Å². The zero-order valence-corrected chi connectivity index (χ0v) is 15.2. The molecule has 7 heteroatoms. The third-order valence-electron chi connectivity index (χ3n) is 5.93. The highest BCUT2D eigenvalue weighted by atomic mass is 32.2. The first kappa shape index (κ1) is 16.9. The summed E-state index contributed by atoms with van der Waals surface area (Å²) < 4.78 is 5.86. The minimum atomic E-state index is -0.952. The maximum atomic E-state index is 13.0. The molecule has 3 unspecified atom stereocenters. The van der Waals surface area contributed by atoms with Crippen LogP contribution in [-0.2, 0) is 14.3 Å². The van der Waals surface area contributed by atoms with Crippen molar-refractivity contribution < 1.29 is 14.3 Å². The van der Waals surface area contributed by atoms with E-state index in [9.17, 15) is 9.59 Å². The van der Waals surface area contributed by atoms with E-state index in [1.807, 2.05) is 26.0 Å². The monoisotopic (exact) mass is 361 g/mol. The van der Waals surface area contributed by atoms with Crippen LogP contribution in [0, 0.1) is 11.3 Å². The lowest BCUT2D eigenvalue weighted by molar-refractivity contribution is -0.222. The molecule has 2 amide bonds. The van der Waals surface area contributed by atoms with Crippen molar-refractivity contribution in [2.75, 3.05) is 23.0 Å². The van der Waals surface area contributed by atoms with Crippen LogP contribution < -0.4 is 16.4 Å². The summed E-state index contributed by atoms with van der Waals surface area (Å²) in [7, 11) is 0. The summed E-state index contributed by atoms with van der Waals surface area (Å²) >= 11 is 1.49. The summed E-state index contributed by atoms with van der Waals surface area (Å²) in [5, 5.41) is 5.80. The van der Waals surface area contributed by atoms with Crippen molar-refractivity contribution in [1.82, 2.24) is 0 Å². The molecule has 2 heterocycles. The maximum absolute atomic E-state index is 13.0. The second-order valence-electron chi connectivity index (χ2n) is 7.63. The van der Waals surface area contributed by atoms with Gasteiger partial charge in [0.2, 0.25) is 11.8 Å². The number of rotatable bonds is 2. The van der Waals surface area contributed by atoms with E-state index < -0.39 is 11.0 Å². The van der Waals surface area contributed by atoms with Crippen molar-refractivity contribution in [3.63, 3.8) is 0 Å². The smallest absolute Gasteiger partial charge is 0.245 e. The molecule has 1 aliphatic carbocycles.